The van der Waals surface area contributed by atoms with Crippen molar-refractivity contribution >= 4 is 0 Å². The summed E-state index contributed by atoms with van der Waals surface area (Å²) in [6.45, 7) is 0. The molecule has 0 aliphatic heterocycles. The first-order chi connectivity index (χ1) is 12.3. The highest BCUT2D eigenvalue weighted by Crippen LogP contribution is 2.31. The quantitative estimate of drug-likeness (QED) is 0.726. The van der Waals surface area contributed by atoms with Gasteiger partial charge in [-0.2, -0.15) is 0 Å². The molecule has 0 aromatic carbocycles. The van der Waals surface area contributed by atoms with E-state index in [0.29, 0.717) is 11.8 Å². The molecule has 4 rings (SSSR count). The number of pyridine rings is 1. The van der Waals surface area contributed by atoms with Gasteiger partial charge in [0.15, 0.2) is 0 Å². The number of hydrogen-bond acceptors (Lipinski definition) is 5. The van der Waals surface area contributed by atoms with Gasteiger partial charge in [-0.3, -0.25) is 4.57 Å². The van der Waals surface area contributed by atoms with Crippen molar-refractivity contribution in [3.8, 4) is 23.0 Å². The van der Waals surface area contributed by atoms with Gasteiger partial charge in [-0.1, -0.05) is 19.3 Å². The van der Waals surface area contributed by atoms with Gasteiger partial charge in [0.05, 0.1) is 24.6 Å². The predicted octanol–water partition coefficient (Wildman–Crippen LogP) is 3.78. The first kappa shape index (κ1) is 15.7. The molecule has 1 saturated carbocycles. The van der Waals surface area contributed by atoms with Crippen LogP contribution in [0.3, 0.4) is 0 Å². The second-order valence-electron chi connectivity index (χ2n) is 6.34. The highest BCUT2D eigenvalue weighted by Gasteiger charge is 2.18. The highest BCUT2D eigenvalue weighted by molar-refractivity contribution is 5.56. The lowest BCUT2D eigenvalue weighted by Gasteiger charge is -2.20. The van der Waals surface area contributed by atoms with Gasteiger partial charge in [-0.25, -0.2) is 19.9 Å². The standard InChI is InChI=1S/C19H21N5O/c1-25-17-8-7-16(13-21-17)24-10-9-20-19(24)15-11-22-18(23-12-15)14-5-3-2-4-6-14/h7-14H,2-6H2,1H3. The molecule has 1 fully saturated rings. The lowest BCUT2D eigenvalue weighted by molar-refractivity contribution is 0.398. The molecule has 0 bridgehead atoms. The Morgan fingerprint density at radius 1 is 0.960 bits per heavy atom. The van der Waals surface area contributed by atoms with Gasteiger partial charge in [-0.15, -0.1) is 0 Å². The van der Waals surface area contributed by atoms with Gasteiger partial charge in [0.1, 0.15) is 11.6 Å². The minimum Gasteiger partial charge on any atom is -0.481 e. The smallest absolute Gasteiger partial charge is 0.213 e. The lowest BCUT2D eigenvalue weighted by atomic mass is 9.89. The number of ether oxygens (including phenoxy) is 1. The molecule has 0 radical (unpaired) electrons. The zero-order valence-corrected chi connectivity index (χ0v) is 14.3. The Labute approximate surface area is 147 Å². The van der Waals surface area contributed by atoms with E-state index >= 15 is 0 Å². The second-order valence-corrected chi connectivity index (χ2v) is 6.34. The topological polar surface area (TPSA) is 65.7 Å². The van der Waals surface area contributed by atoms with Crippen LogP contribution < -0.4 is 4.74 Å². The zero-order valence-electron chi connectivity index (χ0n) is 14.3. The average Bonchev–Trinajstić information content (AvgIpc) is 3.19. The summed E-state index contributed by atoms with van der Waals surface area (Å²) in [5, 5.41) is 0. The van der Waals surface area contributed by atoms with Crippen molar-refractivity contribution in [2.24, 2.45) is 0 Å². The van der Waals surface area contributed by atoms with E-state index < -0.39 is 0 Å². The first-order valence-electron chi connectivity index (χ1n) is 8.71. The molecule has 25 heavy (non-hydrogen) atoms. The Morgan fingerprint density at radius 3 is 2.44 bits per heavy atom. The van der Waals surface area contributed by atoms with Crippen molar-refractivity contribution in [2.45, 2.75) is 38.0 Å². The molecule has 6 heteroatoms. The first-order valence-corrected chi connectivity index (χ1v) is 8.71. The molecule has 1 aliphatic rings. The molecule has 3 aromatic rings. The van der Waals surface area contributed by atoms with Gasteiger partial charge >= 0.3 is 0 Å². The fourth-order valence-electron chi connectivity index (χ4n) is 3.39. The van der Waals surface area contributed by atoms with Gasteiger partial charge in [0.25, 0.3) is 0 Å². The Balaban J connectivity index is 1.60. The number of rotatable bonds is 4. The van der Waals surface area contributed by atoms with Gasteiger partial charge in [-0.05, 0) is 18.9 Å². The Bertz CT molecular complexity index is 820. The van der Waals surface area contributed by atoms with E-state index in [1.54, 1.807) is 19.5 Å². The van der Waals surface area contributed by atoms with E-state index in [2.05, 4.69) is 19.9 Å². The van der Waals surface area contributed by atoms with E-state index in [4.69, 9.17) is 4.74 Å². The summed E-state index contributed by atoms with van der Waals surface area (Å²) in [5.74, 6) is 2.87. The molecular formula is C19H21N5O. The third kappa shape index (κ3) is 3.24. The molecule has 0 amide bonds. The maximum absolute atomic E-state index is 5.12. The van der Waals surface area contributed by atoms with Crippen LogP contribution in [0.1, 0.15) is 43.8 Å². The molecule has 6 nitrogen and oxygen atoms in total. The zero-order chi connectivity index (χ0) is 17.1. The number of aromatic nitrogens is 5. The van der Waals surface area contributed by atoms with Crippen LogP contribution >= 0.6 is 0 Å². The predicted molar refractivity (Wildman–Crippen MR) is 94.8 cm³/mol. The van der Waals surface area contributed by atoms with Crippen molar-refractivity contribution in [2.75, 3.05) is 7.11 Å². The summed E-state index contributed by atoms with van der Waals surface area (Å²) in [4.78, 5) is 18.0. The molecule has 0 unspecified atom stereocenters. The molecule has 128 valence electrons. The summed E-state index contributed by atoms with van der Waals surface area (Å²) in [6, 6.07) is 3.79. The minimum atomic E-state index is 0.508. The van der Waals surface area contributed by atoms with Crippen LogP contribution in [0.5, 0.6) is 5.88 Å². The summed E-state index contributed by atoms with van der Waals surface area (Å²) in [5.41, 5.74) is 1.82. The molecule has 0 saturated heterocycles. The SMILES string of the molecule is COc1ccc(-n2ccnc2-c2cnc(C3CCCCC3)nc2)cn1. The Morgan fingerprint density at radius 2 is 1.76 bits per heavy atom. The molecule has 0 N–H and O–H groups in total. The maximum atomic E-state index is 5.12. The van der Waals surface area contributed by atoms with E-state index in [1.807, 2.05) is 35.3 Å². The van der Waals surface area contributed by atoms with Crippen molar-refractivity contribution in [1.82, 2.24) is 24.5 Å². The average molecular weight is 335 g/mol. The number of methoxy groups -OCH3 is 1. The Hall–Kier alpha value is -2.76. The monoisotopic (exact) mass is 335 g/mol. The highest BCUT2D eigenvalue weighted by atomic mass is 16.5. The van der Waals surface area contributed by atoms with Crippen LogP contribution in [-0.4, -0.2) is 31.6 Å². The summed E-state index contributed by atoms with van der Waals surface area (Å²) in [7, 11) is 1.61. The maximum Gasteiger partial charge on any atom is 0.213 e. The fraction of sp³-hybridized carbons (Fsp3) is 0.368. The molecular weight excluding hydrogens is 314 g/mol. The van der Waals surface area contributed by atoms with Crippen molar-refractivity contribution in [1.29, 1.82) is 0 Å². The normalized spacial score (nSPS) is 15.2. The van der Waals surface area contributed by atoms with Crippen LogP contribution in [0.25, 0.3) is 17.1 Å². The van der Waals surface area contributed by atoms with Gasteiger partial charge in [0.2, 0.25) is 5.88 Å². The van der Waals surface area contributed by atoms with Crippen molar-refractivity contribution < 1.29 is 4.74 Å². The summed E-state index contributed by atoms with van der Waals surface area (Å²) in [6.07, 6.45) is 15.5. The fourth-order valence-corrected chi connectivity index (χ4v) is 3.39. The van der Waals surface area contributed by atoms with E-state index in [0.717, 1.165) is 22.9 Å². The van der Waals surface area contributed by atoms with Crippen LogP contribution in [0, 0.1) is 0 Å². The largest absolute Gasteiger partial charge is 0.481 e. The third-order valence-electron chi connectivity index (χ3n) is 4.75. The number of hydrogen-bond donors (Lipinski definition) is 0. The molecule has 0 atom stereocenters. The summed E-state index contributed by atoms with van der Waals surface area (Å²) >= 11 is 0. The molecule has 0 spiro atoms. The van der Waals surface area contributed by atoms with E-state index in [1.165, 1.54) is 32.1 Å². The van der Waals surface area contributed by atoms with Crippen LogP contribution in [0.15, 0.2) is 43.1 Å². The van der Waals surface area contributed by atoms with Gasteiger partial charge < -0.3 is 4.74 Å². The molecule has 1 aliphatic carbocycles. The summed E-state index contributed by atoms with van der Waals surface area (Å²) < 4.78 is 7.09. The third-order valence-corrected chi connectivity index (χ3v) is 4.75. The molecule has 3 aromatic heterocycles. The second kappa shape index (κ2) is 7.01. The molecule has 3 heterocycles. The number of imidazole rings is 1. The van der Waals surface area contributed by atoms with Crippen LogP contribution in [-0.2, 0) is 0 Å². The van der Waals surface area contributed by atoms with Crippen LogP contribution in [0.4, 0.5) is 0 Å². The number of nitrogens with zero attached hydrogens (tertiary/aromatic N) is 5. The Kier molecular flexibility index (Phi) is 4.41. The lowest BCUT2D eigenvalue weighted by Crippen LogP contribution is -2.08. The van der Waals surface area contributed by atoms with Gasteiger partial charge in [0, 0.05) is 36.8 Å². The van der Waals surface area contributed by atoms with E-state index in [9.17, 15) is 0 Å². The van der Waals surface area contributed by atoms with E-state index in [-0.39, 0.29) is 0 Å². The minimum absolute atomic E-state index is 0.508. The van der Waals surface area contributed by atoms with Crippen molar-refractivity contribution in [3.63, 3.8) is 0 Å². The van der Waals surface area contributed by atoms with Crippen molar-refractivity contribution in [3.05, 3.63) is 48.9 Å². The van der Waals surface area contributed by atoms with Crippen LogP contribution in [0.2, 0.25) is 0 Å².